The molecule has 1 aliphatic heterocycles. The number of aromatic nitrogens is 3. The molecule has 0 saturated carbocycles. The van der Waals surface area contributed by atoms with Crippen molar-refractivity contribution in [3.8, 4) is 5.88 Å². The van der Waals surface area contributed by atoms with Crippen molar-refractivity contribution in [2.24, 2.45) is 19.2 Å². The Morgan fingerprint density at radius 2 is 1.93 bits per heavy atom. The topological polar surface area (TPSA) is 113 Å². The molecular weight excluding hydrogens is 362 g/mol. The number of fused-ring (bicyclic) bond motifs is 1. The number of hydrogen-bond donors (Lipinski definition) is 2. The number of rotatable bonds is 2. The van der Waals surface area contributed by atoms with Crippen LogP contribution in [0.5, 0.6) is 5.88 Å². The second-order valence-electron chi connectivity index (χ2n) is 6.82. The average Bonchev–Trinajstić information content (AvgIpc) is 3.29. The van der Waals surface area contributed by atoms with Crippen LogP contribution in [0.3, 0.4) is 0 Å². The van der Waals surface area contributed by atoms with E-state index >= 15 is 0 Å². The first-order valence-corrected chi connectivity index (χ1v) is 8.74. The van der Waals surface area contributed by atoms with Gasteiger partial charge in [0.25, 0.3) is 5.56 Å². The van der Waals surface area contributed by atoms with Gasteiger partial charge >= 0.3 is 5.69 Å². The van der Waals surface area contributed by atoms with E-state index in [1.807, 2.05) is 30.5 Å². The number of hydrogen-bond acceptors (Lipinski definition) is 5. The molecule has 9 heteroatoms. The highest BCUT2D eigenvalue weighted by Gasteiger charge is 2.35. The fraction of sp³-hybridized carbons (Fsp3) is 0.263. The van der Waals surface area contributed by atoms with Crippen LogP contribution in [0.25, 0.3) is 10.9 Å². The molecule has 3 heterocycles. The van der Waals surface area contributed by atoms with E-state index in [1.165, 1.54) is 26.0 Å². The van der Waals surface area contributed by atoms with Crippen LogP contribution >= 0.6 is 0 Å². The van der Waals surface area contributed by atoms with E-state index in [-0.39, 0.29) is 23.6 Å². The van der Waals surface area contributed by atoms with E-state index in [1.54, 1.807) is 0 Å². The molecule has 9 nitrogen and oxygen atoms in total. The maximum absolute atomic E-state index is 12.6. The number of carbonyl (C=O) groups is 1. The Labute approximate surface area is 159 Å². The Morgan fingerprint density at radius 3 is 2.64 bits per heavy atom. The van der Waals surface area contributed by atoms with Crippen molar-refractivity contribution in [3.05, 3.63) is 62.4 Å². The van der Waals surface area contributed by atoms with Gasteiger partial charge in [0.05, 0.1) is 11.8 Å². The molecule has 0 radical (unpaired) electrons. The molecule has 0 spiro atoms. The van der Waals surface area contributed by atoms with Gasteiger partial charge in [-0.05, 0) is 6.07 Å². The zero-order chi connectivity index (χ0) is 20.2. The summed E-state index contributed by atoms with van der Waals surface area (Å²) in [6, 6.07) is 7.27. The molecule has 0 unspecified atom stereocenters. The molecule has 28 heavy (non-hydrogen) atoms. The second kappa shape index (κ2) is 6.22. The van der Waals surface area contributed by atoms with Gasteiger partial charge in [0, 0.05) is 50.1 Å². The monoisotopic (exact) mass is 381 g/mol. The smallest absolute Gasteiger partial charge is 0.333 e. The summed E-state index contributed by atoms with van der Waals surface area (Å²) < 4.78 is 1.89. The SMILES string of the molecule is CC(=O)N1N=C(c2c(O)n(C)c(=O)n(C)c2=O)C[C@@H]1c1c[nH]c2ccccc12. The van der Waals surface area contributed by atoms with Gasteiger partial charge in [-0.25, -0.2) is 9.80 Å². The van der Waals surface area contributed by atoms with Crippen molar-refractivity contribution in [3.63, 3.8) is 0 Å². The van der Waals surface area contributed by atoms with E-state index in [0.29, 0.717) is 0 Å². The lowest BCUT2D eigenvalue weighted by Gasteiger charge is -2.19. The van der Waals surface area contributed by atoms with Gasteiger partial charge < -0.3 is 10.1 Å². The average molecular weight is 381 g/mol. The van der Waals surface area contributed by atoms with Crippen LogP contribution in [0.1, 0.15) is 30.5 Å². The van der Waals surface area contributed by atoms with Gasteiger partial charge in [-0.15, -0.1) is 0 Å². The fourth-order valence-electron chi connectivity index (χ4n) is 3.65. The summed E-state index contributed by atoms with van der Waals surface area (Å²) in [6.45, 7) is 1.40. The first-order chi connectivity index (χ1) is 13.3. The van der Waals surface area contributed by atoms with Gasteiger partial charge in [0.1, 0.15) is 5.56 Å². The van der Waals surface area contributed by atoms with Crippen LogP contribution in [0.2, 0.25) is 0 Å². The summed E-state index contributed by atoms with van der Waals surface area (Å²) in [4.78, 5) is 40.0. The highest BCUT2D eigenvalue weighted by Crippen LogP contribution is 2.36. The first kappa shape index (κ1) is 17.8. The van der Waals surface area contributed by atoms with E-state index in [4.69, 9.17) is 0 Å². The van der Waals surface area contributed by atoms with Crippen LogP contribution in [0, 0.1) is 0 Å². The normalized spacial score (nSPS) is 16.6. The predicted octanol–water partition coefficient (Wildman–Crippen LogP) is 0.968. The van der Waals surface area contributed by atoms with Crippen LogP contribution in [0.4, 0.5) is 0 Å². The zero-order valence-corrected chi connectivity index (χ0v) is 15.6. The third kappa shape index (κ3) is 2.47. The number of nitrogens with one attached hydrogen (secondary N) is 1. The Balaban J connectivity index is 1.87. The second-order valence-corrected chi connectivity index (χ2v) is 6.82. The summed E-state index contributed by atoms with van der Waals surface area (Å²) in [5.74, 6) is -0.749. The van der Waals surface area contributed by atoms with Crippen molar-refractivity contribution in [2.75, 3.05) is 0 Å². The van der Waals surface area contributed by atoms with Crippen LogP contribution < -0.4 is 11.2 Å². The van der Waals surface area contributed by atoms with Crippen molar-refractivity contribution in [1.82, 2.24) is 19.1 Å². The fourth-order valence-corrected chi connectivity index (χ4v) is 3.65. The third-order valence-corrected chi connectivity index (χ3v) is 5.14. The van der Waals surface area contributed by atoms with Gasteiger partial charge in [-0.2, -0.15) is 5.10 Å². The number of para-hydroxylation sites is 1. The number of hydrazone groups is 1. The number of benzene rings is 1. The van der Waals surface area contributed by atoms with Crippen LogP contribution in [-0.4, -0.2) is 35.9 Å². The molecule has 0 fully saturated rings. The van der Waals surface area contributed by atoms with Gasteiger partial charge in [-0.1, -0.05) is 18.2 Å². The molecule has 2 N–H and O–H groups in total. The highest BCUT2D eigenvalue weighted by atomic mass is 16.3. The van der Waals surface area contributed by atoms with E-state index in [9.17, 15) is 19.5 Å². The summed E-state index contributed by atoms with van der Waals surface area (Å²) in [5.41, 5.74) is 0.697. The molecule has 1 atom stereocenters. The number of nitrogens with zero attached hydrogens (tertiary/aromatic N) is 4. The molecule has 1 aliphatic rings. The van der Waals surface area contributed by atoms with Gasteiger partial charge in [0.15, 0.2) is 0 Å². The van der Waals surface area contributed by atoms with Crippen molar-refractivity contribution >= 4 is 22.5 Å². The molecule has 0 bridgehead atoms. The quantitative estimate of drug-likeness (QED) is 0.689. The lowest BCUT2D eigenvalue weighted by Crippen LogP contribution is -2.39. The van der Waals surface area contributed by atoms with Crippen LogP contribution in [-0.2, 0) is 18.9 Å². The van der Waals surface area contributed by atoms with E-state index in [0.717, 1.165) is 25.6 Å². The summed E-state index contributed by atoms with van der Waals surface area (Å²) in [6.07, 6.45) is 2.06. The highest BCUT2D eigenvalue weighted by molar-refractivity contribution is 6.04. The lowest BCUT2D eigenvalue weighted by molar-refractivity contribution is -0.130. The van der Waals surface area contributed by atoms with Crippen molar-refractivity contribution in [1.29, 1.82) is 0 Å². The minimum absolute atomic E-state index is 0.0711. The third-order valence-electron chi connectivity index (χ3n) is 5.14. The molecule has 2 aromatic heterocycles. The van der Waals surface area contributed by atoms with Crippen LogP contribution in [0.15, 0.2) is 45.2 Å². The Morgan fingerprint density at radius 1 is 1.21 bits per heavy atom. The maximum atomic E-state index is 12.6. The Kier molecular flexibility index (Phi) is 3.95. The molecule has 1 aromatic carbocycles. The number of aromatic amines is 1. The summed E-state index contributed by atoms with van der Waals surface area (Å²) in [5, 5.41) is 17.0. The number of carbonyl (C=O) groups excluding carboxylic acids is 1. The Bertz CT molecular complexity index is 1260. The molecule has 4 rings (SSSR count). The standard InChI is InChI=1S/C19H19N5O4/c1-10(25)24-15(12-9-20-13-7-5-4-6-11(12)13)8-14(21-24)16-17(26)22(2)19(28)23(3)18(16)27/h4-7,9,15,20,26H,8H2,1-3H3/t15-/m1/s1. The number of H-pyrrole nitrogens is 1. The van der Waals surface area contributed by atoms with Gasteiger partial charge in [-0.3, -0.25) is 18.7 Å². The molecular formula is C19H19N5O4. The largest absolute Gasteiger partial charge is 0.494 e. The minimum atomic E-state index is -0.651. The van der Waals surface area contributed by atoms with Gasteiger partial charge in [0.2, 0.25) is 11.8 Å². The lowest BCUT2D eigenvalue weighted by atomic mass is 9.98. The predicted molar refractivity (Wildman–Crippen MR) is 103 cm³/mol. The molecule has 0 aliphatic carbocycles. The molecule has 144 valence electrons. The molecule has 0 saturated heterocycles. The van der Waals surface area contributed by atoms with Crippen molar-refractivity contribution in [2.45, 2.75) is 19.4 Å². The summed E-state index contributed by atoms with van der Waals surface area (Å²) >= 11 is 0. The zero-order valence-electron chi connectivity index (χ0n) is 15.6. The van der Waals surface area contributed by atoms with E-state index in [2.05, 4.69) is 10.1 Å². The minimum Gasteiger partial charge on any atom is -0.494 e. The van der Waals surface area contributed by atoms with E-state index < -0.39 is 23.2 Å². The molecule has 1 amide bonds. The summed E-state index contributed by atoms with van der Waals surface area (Å²) in [7, 11) is 2.71. The van der Waals surface area contributed by atoms with Crippen molar-refractivity contribution < 1.29 is 9.90 Å². The Hall–Kier alpha value is -3.62. The maximum Gasteiger partial charge on any atom is 0.333 e. The molecule has 3 aromatic rings. The number of amides is 1. The number of aromatic hydroxyl groups is 1. The first-order valence-electron chi connectivity index (χ1n) is 8.74.